The number of amides is 1. The number of nitrogens with zero attached hydrogens (tertiary/aromatic N) is 1. The molecule has 1 heterocycles. The zero-order chi connectivity index (χ0) is 21.0. The Labute approximate surface area is 170 Å². The smallest absolute Gasteiger partial charge is 0.340 e. The highest BCUT2D eigenvalue weighted by atomic mass is 16.5. The standard InChI is InChI=1S/C23H23NO5/c1-5-29-23(26)21-15(2)24(17-10-12-18(27-3)13-11-17)22(25)19(21)14-16-8-6-7-9-20(16)28-4/h6-14H,5H2,1-4H3. The number of carbonyl (C=O) groups excluding carboxylic acids is 2. The number of hydrogen-bond acceptors (Lipinski definition) is 5. The zero-order valence-electron chi connectivity index (χ0n) is 16.9. The Hall–Kier alpha value is -3.54. The molecule has 0 atom stereocenters. The largest absolute Gasteiger partial charge is 0.497 e. The lowest BCUT2D eigenvalue weighted by Gasteiger charge is -2.18. The molecular weight excluding hydrogens is 370 g/mol. The van der Waals surface area contributed by atoms with Crippen LogP contribution < -0.4 is 14.4 Å². The maximum absolute atomic E-state index is 13.3. The summed E-state index contributed by atoms with van der Waals surface area (Å²) in [7, 11) is 3.14. The van der Waals surface area contributed by atoms with Crippen molar-refractivity contribution in [1.29, 1.82) is 0 Å². The summed E-state index contributed by atoms with van der Waals surface area (Å²) in [5.74, 6) is 0.450. The number of carbonyl (C=O) groups is 2. The third kappa shape index (κ3) is 3.87. The number of hydrogen-bond donors (Lipinski definition) is 0. The normalized spacial score (nSPS) is 15.1. The summed E-state index contributed by atoms with van der Waals surface area (Å²) >= 11 is 0. The van der Waals surface area contributed by atoms with Crippen molar-refractivity contribution in [3.63, 3.8) is 0 Å². The molecule has 6 nitrogen and oxygen atoms in total. The van der Waals surface area contributed by atoms with Crippen LogP contribution in [0.15, 0.2) is 65.4 Å². The third-order valence-corrected chi connectivity index (χ3v) is 4.65. The van der Waals surface area contributed by atoms with E-state index in [9.17, 15) is 9.59 Å². The average Bonchev–Trinajstić information content (AvgIpc) is 2.98. The van der Waals surface area contributed by atoms with Crippen molar-refractivity contribution in [3.8, 4) is 11.5 Å². The molecule has 0 saturated carbocycles. The van der Waals surface area contributed by atoms with Gasteiger partial charge in [0.15, 0.2) is 0 Å². The first-order valence-electron chi connectivity index (χ1n) is 9.23. The highest BCUT2D eigenvalue weighted by Crippen LogP contribution is 2.37. The lowest BCUT2D eigenvalue weighted by atomic mass is 10.0. The van der Waals surface area contributed by atoms with Crippen molar-refractivity contribution in [2.24, 2.45) is 0 Å². The number of benzene rings is 2. The van der Waals surface area contributed by atoms with Gasteiger partial charge in [0.25, 0.3) is 5.91 Å². The van der Waals surface area contributed by atoms with E-state index in [0.29, 0.717) is 28.4 Å². The van der Waals surface area contributed by atoms with E-state index in [1.807, 2.05) is 18.2 Å². The summed E-state index contributed by atoms with van der Waals surface area (Å²) in [5.41, 5.74) is 2.36. The fourth-order valence-corrected chi connectivity index (χ4v) is 3.26. The van der Waals surface area contributed by atoms with Gasteiger partial charge in [-0.05, 0) is 50.3 Å². The predicted molar refractivity (Wildman–Crippen MR) is 111 cm³/mol. The van der Waals surface area contributed by atoms with Gasteiger partial charge in [-0.15, -0.1) is 0 Å². The molecule has 0 fully saturated rings. The van der Waals surface area contributed by atoms with E-state index in [-0.39, 0.29) is 23.7 Å². The van der Waals surface area contributed by atoms with Gasteiger partial charge in [-0.1, -0.05) is 18.2 Å². The summed E-state index contributed by atoms with van der Waals surface area (Å²) < 4.78 is 15.8. The lowest BCUT2D eigenvalue weighted by Crippen LogP contribution is -2.24. The first-order valence-corrected chi connectivity index (χ1v) is 9.23. The second-order valence-electron chi connectivity index (χ2n) is 6.32. The van der Waals surface area contributed by atoms with Crippen molar-refractivity contribution in [1.82, 2.24) is 0 Å². The highest BCUT2D eigenvalue weighted by Gasteiger charge is 2.38. The van der Waals surface area contributed by atoms with Crippen molar-refractivity contribution in [2.75, 3.05) is 25.7 Å². The van der Waals surface area contributed by atoms with E-state index < -0.39 is 5.97 Å². The van der Waals surface area contributed by atoms with Gasteiger partial charge in [-0.25, -0.2) is 4.79 Å². The van der Waals surface area contributed by atoms with Crippen LogP contribution in [0.25, 0.3) is 6.08 Å². The molecule has 0 spiro atoms. The Morgan fingerprint density at radius 3 is 2.34 bits per heavy atom. The monoisotopic (exact) mass is 393 g/mol. The average molecular weight is 393 g/mol. The minimum absolute atomic E-state index is 0.217. The van der Waals surface area contributed by atoms with Crippen LogP contribution in [0.4, 0.5) is 5.69 Å². The minimum Gasteiger partial charge on any atom is -0.497 e. The number of para-hydroxylation sites is 1. The molecule has 6 heteroatoms. The van der Waals surface area contributed by atoms with Crippen LogP contribution in [0.1, 0.15) is 19.4 Å². The van der Waals surface area contributed by atoms with Crippen LogP contribution in [0, 0.1) is 0 Å². The molecule has 0 aliphatic carbocycles. The Kier molecular flexibility index (Phi) is 6.02. The Balaban J connectivity index is 2.13. The molecule has 0 saturated heterocycles. The second kappa shape index (κ2) is 8.65. The quantitative estimate of drug-likeness (QED) is 0.549. The summed E-state index contributed by atoms with van der Waals surface area (Å²) in [4.78, 5) is 27.5. The van der Waals surface area contributed by atoms with Gasteiger partial charge in [0.2, 0.25) is 0 Å². The fraction of sp³-hybridized carbons (Fsp3) is 0.217. The number of ether oxygens (including phenoxy) is 3. The number of anilines is 1. The van der Waals surface area contributed by atoms with Gasteiger partial charge < -0.3 is 14.2 Å². The van der Waals surface area contributed by atoms with Crippen molar-refractivity contribution in [3.05, 3.63) is 70.9 Å². The number of methoxy groups -OCH3 is 2. The van der Waals surface area contributed by atoms with Crippen LogP contribution in [-0.4, -0.2) is 32.7 Å². The summed E-state index contributed by atoms with van der Waals surface area (Å²) in [6.07, 6.45) is 1.67. The first-order chi connectivity index (χ1) is 14.0. The van der Waals surface area contributed by atoms with E-state index in [4.69, 9.17) is 14.2 Å². The van der Waals surface area contributed by atoms with Gasteiger partial charge in [0, 0.05) is 16.9 Å². The van der Waals surface area contributed by atoms with E-state index in [2.05, 4.69) is 0 Å². The second-order valence-corrected chi connectivity index (χ2v) is 6.32. The Morgan fingerprint density at radius 2 is 1.72 bits per heavy atom. The molecule has 0 unspecified atom stereocenters. The van der Waals surface area contributed by atoms with Crippen molar-refractivity contribution < 1.29 is 23.8 Å². The van der Waals surface area contributed by atoms with Gasteiger partial charge in [-0.2, -0.15) is 0 Å². The Bertz CT molecular complexity index is 989. The van der Waals surface area contributed by atoms with Crippen molar-refractivity contribution >= 4 is 23.6 Å². The van der Waals surface area contributed by atoms with E-state index in [1.165, 1.54) is 4.90 Å². The molecule has 2 aromatic rings. The molecule has 0 aromatic heterocycles. The molecule has 150 valence electrons. The highest BCUT2D eigenvalue weighted by molar-refractivity contribution is 6.23. The van der Waals surface area contributed by atoms with Crippen LogP contribution >= 0.6 is 0 Å². The number of rotatable bonds is 6. The van der Waals surface area contributed by atoms with Crippen LogP contribution in [-0.2, 0) is 14.3 Å². The summed E-state index contributed by atoms with van der Waals surface area (Å²) in [6.45, 7) is 3.68. The maximum Gasteiger partial charge on any atom is 0.340 e. The van der Waals surface area contributed by atoms with E-state index >= 15 is 0 Å². The maximum atomic E-state index is 13.3. The molecule has 1 aliphatic heterocycles. The number of allylic oxidation sites excluding steroid dienone is 1. The fourth-order valence-electron chi connectivity index (χ4n) is 3.26. The molecule has 1 aliphatic rings. The molecular formula is C23H23NO5. The predicted octanol–water partition coefficient (Wildman–Crippen LogP) is 3.97. The van der Waals surface area contributed by atoms with Crippen LogP contribution in [0.2, 0.25) is 0 Å². The van der Waals surface area contributed by atoms with Gasteiger partial charge in [0.1, 0.15) is 11.5 Å². The SMILES string of the molecule is CCOC(=O)C1=C(C)N(c2ccc(OC)cc2)C(=O)C1=Cc1ccccc1OC. The number of esters is 1. The molecule has 3 rings (SSSR count). The first kappa shape index (κ1) is 20.2. The van der Waals surface area contributed by atoms with Crippen LogP contribution in [0.3, 0.4) is 0 Å². The van der Waals surface area contributed by atoms with Crippen LogP contribution in [0.5, 0.6) is 11.5 Å². The summed E-state index contributed by atoms with van der Waals surface area (Å²) in [5, 5.41) is 0. The summed E-state index contributed by atoms with van der Waals surface area (Å²) in [6, 6.07) is 14.4. The van der Waals surface area contributed by atoms with Gasteiger partial charge in [-0.3, -0.25) is 9.69 Å². The molecule has 1 amide bonds. The Morgan fingerprint density at radius 1 is 1.03 bits per heavy atom. The third-order valence-electron chi connectivity index (χ3n) is 4.65. The van der Waals surface area contributed by atoms with Gasteiger partial charge in [0.05, 0.1) is 32.0 Å². The molecule has 0 N–H and O–H groups in total. The van der Waals surface area contributed by atoms with E-state index in [1.54, 1.807) is 64.5 Å². The van der Waals surface area contributed by atoms with Gasteiger partial charge >= 0.3 is 5.97 Å². The zero-order valence-corrected chi connectivity index (χ0v) is 16.9. The molecule has 0 radical (unpaired) electrons. The minimum atomic E-state index is -0.532. The molecule has 0 bridgehead atoms. The topological polar surface area (TPSA) is 65.1 Å². The van der Waals surface area contributed by atoms with E-state index in [0.717, 1.165) is 0 Å². The molecule has 2 aromatic carbocycles. The lowest BCUT2D eigenvalue weighted by molar-refractivity contribution is -0.138. The van der Waals surface area contributed by atoms with Crippen molar-refractivity contribution in [2.45, 2.75) is 13.8 Å². The molecule has 29 heavy (non-hydrogen) atoms.